The Morgan fingerprint density at radius 2 is 1.87 bits per heavy atom. The molecule has 2 heteroatoms. The lowest BCUT2D eigenvalue weighted by Gasteiger charge is -2.54. The smallest absolute Gasteiger partial charge is 0.0594 e. The predicted molar refractivity (Wildman–Crippen MR) is 62.9 cm³/mol. The molecular formula is C13H25NO. The molecule has 1 aliphatic heterocycles. The van der Waals surface area contributed by atoms with Crippen molar-refractivity contribution in [3.8, 4) is 0 Å². The molecule has 0 aromatic carbocycles. The highest BCUT2D eigenvalue weighted by molar-refractivity contribution is 4.97. The first-order valence-corrected chi connectivity index (χ1v) is 6.44. The normalized spacial score (nSPS) is 36.2. The third-order valence-electron chi connectivity index (χ3n) is 4.75. The summed E-state index contributed by atoms with van der Waals surface area (Å²) in [6.07, 6.45) is 2.80. The molecule has 2 nitrogen and oxygen atoms in total. The lowest BCUT2D eigenvalue weighted by Crippen LogP contribution is -2.51. The van der Waals surface area contributed by atoms with Gasteiger partial charge in [-0.2, -0.15) is 0 Å². The molecule has 1 aliphatic carbocycles. The van der Waals surface area contributed by atoms with E-state index in [0.717, 1.165) is 38.1 Å². The van der Waals surface area contributed by atoms with Crippen LogP contribution in [0.3, 0.4) is 0 Å². The highest BCUT2D eigenvalue weighted by Gasteiger charge is 2.46. The zero-order valence-corrected chi connectivity index (χ0v) is 10.5. The summed E-state index contributed by atoms with van der Waals surface area (Å²) >= 11 is 0. The topological polar surface area (TPSA) is 12.5 Å². The lowest BCUT2D eigenvalue weighted by molar-refractivity contribution is -0.0582. The minimum atomic E-state index is 0.576. The van der Waals surface area contributed by atoms with Gasteiger partial charge in [0.2, 0.25) is 0 Å². The molecule has 0 bridgehead atoms. The summed E-state index contributed by atoms with van der Waals surface area (Å²) in [7, 11) is 0. The van der Waals surface area contributed by atoms with Crippen molar-refractivity contribution in [2.24, 2.45) is 17.3 Å². The van der Waals surface area contributed by atoms with Crippen molar-refractivity contribution in [2.75, 3.05) is 32.8 Å². The number of ether oxygens (including phenoxy) is 1. The standard InChI is InChI=1S/C13H25NO/c1-4-11-9-12(13(11,2)3)10-14-5-7-15-8-6-14/h11-12H,4-10H2,1-3H3. The highest BCUT2D eigenvalue weighted by Crippen LogP contribution is 2.52. The summed E-state index contributed by atoms with van der Waals surface area (Å²) in [6, 6.07) is 0. The van der Waals surface area contributed by atoms with Crippen molar-refractivity contribution in [3.05, 3.63) is 0 Å². The van der Waals surface area contributed by atoms with Crippen LogP contribution in [0.25, 0.3) is 0 Å². The third-order valence-corrected chi connectivity index (χ3v) is 4.75. The predicted octanol–water partition coefficient (Wildman–Crippen LogP) is 2.39. The molecule has 0 aromatic rings. The maximum atomic E-state index is 5.39. The van der Waals surface area contributed by atoms with E-state index < -0.39 is 0 Å². The van der Waals surface area contributed by atoms with E-state index in [0.29, 0.717) is 5.41 Å². The Balaban J connectivity index is 1.81. The Morgan fingerprint density at radius 3 is 2.40 bits per heavy atom. The van der Waals surface area contributed by atoms with Crippen molar-refractivity contribution >= 4 is 0 Å². The quantitative estimate of drug-likeness (QED) is 0.710. The van der Waals surface area contributed by atoms with Crippen LogP contribution < -0.4 is 0 Å². The second-order valence-electron chi connectivity index (χ2n) is 5.77. The summed E-state index contributed by atoms with van der Waals surface area (Å²) in [4.78, 5) is 2.59. The molecule has 2 atom stereocenters. The first kappa shape index (κ1) is 11.4. The maximum absolute atomic E-state index is 5.39. The minimum Gasteiger partial charge on any atom is -0.379 e. The Morgan fingerprint density at radius 1 is 1.20 bits per heavy atom. The van der Waals surface area contributed by atoms with E-state index in [1.54, 1.807) is 0 Å². The molecule has 1 saturated heterocycles. The van der Waals surface area contributed by atoms with Crippen LogP contribution in [0.5, 0.6) is 0 Å². The van der Waals surface area contributed by atoms with Crippen molar-refractivity contribution in [1.82, 2.24) is 4.90 Å². The average molecular weight is 211 g/mol. The zero-order valence-electron chi connectivity index (χ0n) is 10.5. The summed E-state index contributed by atoms with van der Waals surface area (Å²) in [5.41, 5.74) is 0.576. The van der Waals surface area contributed by atoms with Crippen molar-refractivity contribution in [1.29, 1.82) is 0 Å². The van der Waals surface area contributed by atoms with Gasteiger partial charge in [-0.15, -0.1) is 0 Å². The number of rotatable bonds is 3. The highest BCUT2D eigenvalue weighted by atomic mass is 16.5. The number of hydrogen-bond donors (Lipinski definition) is 0. The van der Waals surface area contributed by atoms with Gasteiger partial charge in [0.15, 0.2) is 0 Å². The Hall–Kier alpha value is -0.0800. The fraction of sp³-hybridized carbons (Fsp3) is 1.00. The molecule has 2 fully saturated rings. The zero-order chi connectivity index (χ0) is 10.9. The molecule has 0 spiro atoms. The maximum Gasteiger partial charge on any atom is 0.0594 e. The fourth-order valence-corrected chi connectivity index (χ4v) is 3.22. The van der Waals surface area contributed by atoms with Crippen molar-refractivity contribution < 1.29 is 4.74 Å². The van der Waals surface area contributed by atoms with Crippen LogP contribution in [0.2, 0.25) is 0 Å². The first-order chi connectivity index (χ1) is 7.14. The summed E-state index contributed by atoms with van der Waals surface area (Å²) < 4.78 is 5.39. The third kappa shape index (κ3) is 2.21. The van der Waals surface area contributed by atoms with Crippen LogP contribution in [-0.2, 0) is 4.74 Å². The van der Waals surface area contributed by atoms with E-state index in [9.17, 15) is 0 Å². The van der Waals surface area contributed by atoms with Crippen molar-refractivity contribution in [3.63, 3.8) is 0 Å². The van der Waals surface area contributed by atoms with E-state index in [1.807, 2.05) is 0 Å². The monoisotopic (exact) mass is 211 g/mol. The minimum absolute atomic E-state index is 0.576. The van der Waals surface area contributed by atoms with Gasteiger partial charge < -0.3 is 4.74 Å². The van der Waals surface area contributed by atoms with Crippen molar-refractivity contribution in [2.45, 2.75) is 33.6 Å². The first-order valence-electron chi connectivity index (χ1n) is 6.44. The Labute approximate surface area is 94.0 Å². The van der Waals surface area contributed by atoms with Gasteiger partial charge in [-0.25, -0.2) is 0 Å². The molecule has 2 unspecified atom stereocenters. The van der Waals surface area contributed by atoms with Gasteiger partial charge in [-0.05, 0) is 23.7 Å². The number of nitrogens with zero attached hydrogens (tertiary/aromatic N) is 1. The lowest BCUT2D eigenvalue weighted by atomic mass is 9.54. The van der Waals surface area contributed by atoms with Gasteiger partial charge in [0.05, 0.1) is 13.2 Å². The van der Waals surface area contributed by atoms with Crippen LogP contribution >= 0.6 is 0 Å². The molecular weight excluding hydrogens is 186 g/mol. The molecule has 0 radical (unpaired) electrons. The van der Waals surface area contributed by atoms with Crippen LogP contribution in [0, 0.1) is 17.3 Å². The van der Waals surface area contributed by atoms with E-state index in [4.69, 9.17) is 4.74 Å². The fourth-order valence-electron chi connectivity index (χ4n) is 3.22. The van der Waals surface area contributed by atoms with Crippen LogP contribution in [-0.4, -0.2) is 37.7 Å². The van der Waals surface area contributed by atoms with Gasteiger partial charge in [0, 0.05) is 19.6 Å². The van der Waals surface area contributed by atoms with E-state index in [2.05, 4.69) is 25.7 Å². The summed E-state index contributed by atoms with van der Waals surface area (Å²) in [6.45, 7) is 12.7. The largest absolute Gasteiger partial charge is 0.379 e. The summed E-state index contributed by atoms with van der Waals surface area (Å²) in [5, 5.41) is 0. The second-order valence-corrected chi connectivity index (χ2v) is 5.77. The molecule has 2 aliphatic rings. The van der Waals surface area contributed by atoms with Crippen LogP contribution in [0.1, 0.15) is 33.6 Å². The van der Waals surface area contributed by atoms with E-state index in [1.165, 1.54) is 19.4 Å². The van der Waals surface area contributed by atoms with Gasteiger partial charge in [0.1, 0.15) is 0 Å². The van der Waals surface area contributed by atoms with E-state index in [-0.39, 0.29) is 0 Å². The summed E-state index contributed by atoms with van der Waals surface area (Å²) in [5.74, 6) is 1.88. The van der Waals surface area contributed by atoms with Gasteiger partial charge in [-0.3, -0.25) is 4.90 Å². The molecule has 0 aromatic heterocycles. The molecule has 0 amide bonds. The molecule has 2 rings (SSSR count). The van der Waals surface area contributed by atoms with Crippen LogP contribution in [0.15, 0.2) is 0 Å². The average Bonchev–Trinajstić information content (AvgIpc) is 2.25. The molecule has 15 heavy (non-hydrogen) atoms. The SMILES string of the molecule is CCC1CC(CN2CCOCC2)C1(C)C. The second kappa shape index (κ2) is 4.42. The van der Waals surface area contributed by atoms with Gasteiger partial charge in [0.25, 0.3) is 0 Å². The van der Waals surface area contributed by atoms with Gasteiger partial charge >= 0.3 is 0 Å². The Bertz CT molecular complexity index is 209. The molecule has 1 heterocycles. The van der Waals surface area contributed by atoms with Gasteiger partial charge in [-0.1, -0.05) is 27.2 Å². The number of hydrogen-bond acceptors (Lipinski definition) is 2. The molecule has 0 N–H and O–H groups in total. The van der Waals surface area contributed by atoms with Crippen LogP contribution in [0.4, 0.5) is 0 Å². The number of morpholine rings is 1. The molecule has 88 valence electrons. The van der Waals surface area contributed by atoms with E-state index >= 15 is 0 Å². The molecule has 1 saturated carbocycles. The Kier molecular flexibility index (Phi) is 3.36.